The summed E-state index contributed by atoms with van der Waals surface area (Å²) in [6.07, 6.45) is 9.20. The second-order valence-corrected chi connectivity index (χ2v) is 9.53. The van der Waals surface area contributed by atoms with Crippen molar-refractivity contribution < 1.29 is 4.79 Å². The van der Waals surface area contributed by atoms with Crippen LogP contribution in [0.1, 0.15) is 44.1 Å². The highest BCUT2D eigenvalue weighted by Crippen LogP contribution is 2.60. The second-order valence-electron chi connectivity index (χ2n) is 9.53. The van der Waals surface area contributed by atoms with Crippen molar-refractivity contribution in [2.24, 2.45) is 23.2 Å². The van der Waals surface area contributed by atoms with Crippen LogP contribution in [0.5, 0.6) is 0 Å². The highest BCUT2D eigenvalue weighted by Gasteiger charge is 2.54. The zero-order chi connectivity index (χ0) is 20.6. The molecule has 2 aromatic rings. The second kappa shape index (κ2) is 7.85. The lowest BCUT2D eigenvalue weighted by Crippen LogP contribution is -2.54. The lowest BCUT2D eigenvalue weighted by molar-refractivity contribution is -0.146. The number of carbonyl (C=O) groups excluding carboxylic acids is 1. The van der Waals surface area contributed by atoms with Gasteiger partial charge in [-0.2, -0.15) is 0 Å². The van der Waals surface area contributed by atoms with Gasteiger partial charge in [0.1, 0.15) is 11.6 Å². The fourth-order valence-corrected chi connectivity index (χ4v) is 6.11. The van der Waals surface area contributed by atoms with Crippen molar-refractivity contribution in [1.29, 1.82) is 0 Å². The van der Waals surface area contributed by atoms with Gasteiger partial charge in [-0.25, -0.2) is 4.98 Å². The summed E-state index contributed by atoms with van der Waals surface area (Å²) >= 11 is 0. The molecule has 1 amide bonds. The Kier molecular flexibility index (Phi) is 5.05. The Morgan fingerprint density at radius 3 is 2.17 bits per heavy atom. The van der Waals surface area contributed by atoms with Gasteiger partial charge in [-0.3, -0.25) is 4.79 Å². The molecule has 0 unspecified atom stereocenters. The normalized spacial score (nSPS) is 28.9. The first-order valence-corrected chi connectivity index (χ1v) is 11.1. The van der Waals surface area contributed by atoms with Crippen molar-refractivity contribution >= 4 is 23.4 Å². The van der Waals surface area contributed by atoms with Crippen LogP contribution >= 0.6 is 0 Å². The Morgan fingerprint density at radius 2 is 1.57 bits per heavy atom. The number of hydrogen-bond acceptors (Lipinski definition) is 6. The number of nitrogens with zero attached hydrogens (tertiary/aromatic N) is 3. The molecule has 2 aromatic heterocycles. The SMILES string of the molecule is Cc1ccc(Nc2ccc(NCCNC(=O)C34CC5CC(CC(C5)C3)C4)nn2)nc1. The van der Waals surface area contributed by atoms with Crippen LogP contribution < -0.4 is 16.0 Å². The number of aromatic nitrogens is 3. The number of pyridine rings is 1. The zero-order valence-corrected chi connectivity index (χ0v) is 17.5. The Morgan fingerprint density at radius 1 is 0.933 bits per heavy atom. The lowest BCUT2D eigenvalue weighted by atomic mass is 9.49. The average Bonchev–Trinajstić information content (AvgIpc) is 2.73. The van der Waals surface area contributed by atoms with E-state index in [2.05, 4.69) is 31.1 Å². The molecule has 4 aliphatic rings. The van der Waals surface area contributed by atoms with Gasteiger partial charge in [-0.1, -0.05) is 6.07 Å². The van der Waals surface area contributed by atoms with Crippen LogP contribution in [0.4, 0.5) is 17.5 Å². The number of carbonyl (C=O) groups is 1. The van der Waals surface area contributed by atoms with E-state index in [0.29, 0.717) is 24.7 Å². The number of amides is 1. The molecule has 0 saturated heterocycles. The molecule has 30 heavy (non-hydrogen) atoms. The van der Waals surface area contributed by atoms with Crippen LogP contribution in [0.3, 0.4) is 0 Å². The maximum absolute atomic E-state index is 13.0. The van der Waals surface area contributed by atoms with Gasteiger partial charge in [-0.05, 0) is 87.0 Å². The van der Waals surface area contributed by atoms with Crippen molar-refractivity contribution in [3.8, 4) is 0 Å². The molecule has 0 aromatic carbocycles. The molecule has 4 bridgehead atoms. The van der Waals surface area contributed by atoms with E-state index in [1.807, 2.05) is 37.4 Å². The first kappa shape index (κ1) is 19.3. The van der Waals surface area contributed by atoms with Crippen molar-refractivity contribution in [2.45, 2.75) is 45.4 Å². The summed E-state index contributed by atoms with van der Waals surface area (Å²) < 4.78 is 0. The molecule has 158 valence electrons. The smallest absolute Gasteiger partial charge is 0.226 e. The van der Waals surface area contributed by atoms with E-state index in [0.717, 1.165) is 48.4 Å². The van der Waals surface area contributed by atoms with E-state index in [9.17, 15) is 4.79 Å². The summed E-state index contributed by atoms with van der Waals surface area (Å²) in [4.78, 5) is 17.3. The number of rotatable bonds is 7. The fraction of sp³-hybridized carbons (Fsp3) is 0.565. The van der Waals surface area contributed by atoms with Crippen LogP contribution in [0.2, 0.25) is 0 Å². The third kappa shape index (κ3) is 3.98. The molecule has 0 atom stereocenters. The van der Waals surface area contributed by atoms with Gasteiger partial charge in [0.25, 0.3) is 0 Å². The molecule has 4 saturated carbocycles. The van der Waals surface area contributed by atoms with Gasteiger partial charge < -0.3 is 16.0 Å². The summed E-state index contributed by atoms with van der Waals surface area (Å²) in [6.45, 7) is 3.25. The molecule has 3 N–H and O–H groups in total. The molecular formula is C23H30N6O. The minimum atomic E-state index is -0.0775. The zero-order valence-electron chi connectivity index (χ0n) is 17.5. The largest absolute Gasteiger partial charge is 0.367 e. The molecule has 7 heteroatoms. The summed E-state index contributed by atoms with van der Waals surface area (Å²) in [5, 5.41) is 17.9. The average molecular weight is 407 g/mol. The maximum Gasteiger partial charge on any atom is 0.226 e. The van der Waals surface area contributed by atoms with Crippen LogP contribution in [0.15, 0.2) is 30.5 Å². The highest BCUT2D eigenvalue weighted by atomic mass is 16.2. The molecule has 2 heterocycles. The van der Waals surface area contributed by atoms with E-state index >= 15 is 0 Å². The molecule has 6 rings (SSSR count). The molecule has 4 aliphatic carbocycles. The van der Waals surface area contributed by atoms with Gasteiger partial charge in [0.15, 0.2) is 5.82 Å². The highest BCUT2D eigenvalue weighted by molar-refractivity contribution is 5.83. The first-order chi connectivity index (χ1) is 14.6. The van der Waals surface area contributed by atoms with Gasteiger partial charge in [-0.15, -0.1) is 10.2 Å². The van der Waals surface area contributed by atoms with Crippen molar-refractivity contribution in [2.75, 3.05) is 23.7 Å². The number of anilines is 3. The van der Waals surface area contributed by atoms with E-state index in [4.69, 9.17) is 0 Å². The van der Waals surface area contributed by atoms with Gasteiger partial charge in [0.05, 0.1) is 0 Å². The Balaban J connectivity index is 1.08. The van der Waals surface area contributed by atoms with Crippen LogP contribution in [0, 0.1) is 30.1 Å². The standard InChI is InChI=1S/C23H30N6O/c1-15-2-3-19(26-14-15)27-21-5-4-20(28-29-21)24-6-7-25-22(30)23-11-16-8-17(12-23)10-18(9-16)13-23/h2-5,14,16-18H,6-13H2,1H3,(H,24,28)(H,25,30)(H,26,27,29). The summed E-state index contributed by atoms with van der Waals surface area (Å²) in [7, 11) is 0. The van der Waals surface area contributed by atoms with E-state index in [1.54, 1.807) is 0 Å². The Labute approximate surface area is 177 Å². The predicted octanol–water partition coefficient (Wildman–Crippen LogP) is 3.67. The first-order valence-electron chi connectivity index (χ1n) is 11.1. The monoisotopic (exact) mass is 406 g/mol. The number of hydrogen-bond donors (Lipinski definition) is 3. The predicted molar refractivity (Wildman–Crippen MR) is 116 cm³/mol. The van der Waals surface area contributed by atoms with Crippen LogP contribution in [0.25, 0.3) is 0 Å². The molecule has 0 spiro atoms. The van der Waals surface area contributed by atoms with Gasteiger partial charge in [0.2, 0.25) is 5.91 Å². The van der Waals surface area contributed by atoms with Crippen molar-refractivity contribution in [1.82, 2.24) is 20.5 Å². The van der Waals surface area contributed by atoms with Crippen LogP contribution in [-0.4, -0.2) is 34.2 Å². The summed E-state index contributed by atoms with van der Waals surface area (Å²) in [5.74, 6) is 4.73. The minimum Gasteiger partial charge on any atom is -0.367 e. The molecule has 0 aliphatic heterocycles. The van der Waals surface area contributed by atoms with Crippen LogP contribution in [-0.2, 0) is 4.79 Å². The molecular weight excluding hydrogens is 376 g/mol. The molecule has 7 nitrogen and oxygen atoms in total. The molecule has 4 fully saturated rings. The summed E-state index contributed by atoms with van der Waals surface area (Å²) in [6, 6.07) is 7.65. The minimum absolute atomic E-state index is 0.0775. The number of aryl methyl sites for hydroxylation is 1. The third-order valence-corrected chi connectivity index (χ3v) is 7.07. The third-order valence-electron chi connectivity index (χ3n) is 7.07. The topological polar surface area (TPSA) is 91.8 Å². The maximum atomic E-state index is 13.0. The van der Waals surface area contributed by atoms with Crippen molar-refractivity contribution in [3.05, 3.63) is 36.0 Å². The number of nitrogens with one attached hydrogen (secondary N) is 3. The van der Waals surface area contributed by atoms with E-state index in [1.165, 1.54) is 19.3 Å². The Bertz CT molecular complexity index is 860. The lowest BCUT2D eigenvalue weighted by Gasteiger charge is -2.55. The van der Waals surface area contributed by atoms with Gasteiger partial charge >= 0.3 is 0 Å². The Hall–Kier alpha value is -2.70. The van der Waals surface area contributed by atoms with E-state index < -0.39 is 0 Å². The molecule has 0 radical (unpaired) electrons. The summed E-state index contributed by atoms with van der Waals surface area (Å²) in [5.41, 5.74) is 1.03. The van der Waals surface area contributed by atoms with Crippen molar-refractivity contribution in [3.63, 3.8) is 0 Å². The van der Waals surface area contributed by atoms with Gasteiger partial charge in [0, 0.05) is 24.7 Å². The quantitative estimate of drug-likeness (QED) is 0.608. The van der Waals surface area contributed by atoms with E-state index in [-0.39, 0.29) is 11.3 Å². The fourth-order valence-electron chi connectivity index (χ4n) is 6.11.